The molecule has 2 aromatic carbocycles. The van der Waals surface area contributed by atoms with Gasteiger partial charge in [0.05, 0.1) is 27.2 Å². The van der Waals surface area contributed by atoms with E-state index < -0.39 is 9.84 Å². The maximum absolute atomic E-state index is 12.4. The summed E-state index contributed by atoms with van der Waals surface area (Å²) in [5, 5.41) is 5.99. The van der Waals surface area contributed by atoms with Crippen LogP contribution >= 0.6 is 22.7 Å². The molecule has 0 saturated carbocycles. The topological polar surface area (TPSA) is 89.0 Å². The van der Waals surface area contributed by atoms with Crippen molar-refractivity contribution >= 4 is 53.8 Å². The van der Waals surface area contributed by atoms with Gasteiger partial charge in [0, 0.05) is 17.2 Å². The summed E-state index contributed by atoms with van der Waals surface area (Å²) in [5.74, 6) is -0.212. The molecule has 4 aromatic rings. The van der Waals surface area contributed by atoms with E-state index in [0.717, 1.165) is 23.2 Å². The van der Waals surface area contributed by atoms with E-state index in [0.29, 0.717) is 21.0 Å². The second kappa shape index (κ2) is 8.25. The molecule has 2 heterocycles. The minimum atomic E-state index is -3.29. The Morgan fingerprint density at radius 2 is 1.87 bits per heavy atom. The predicted octanol–water partition coefficient (Wildman–Crippen LogP) is 4.57. The molecule has 0 aliphatic heterocycles. The number of carbonyl (C=O) groups is 1. The van der Waals surface area contributed by atoms with Gasteiger partial charge in [-0.05, 0) is 30.2 Å². The molecule has 30 heavy (non-hydrogen) atoms. The first kappa shape index (κ1) is 20.6. The number of aryl methyl sites for hydroxylation is 1. The fourth-order valence-electron chi connectivity index (χ4n) is 2.92. The third kappa shape index (κ3) is 4.58. The van der Waals surface area contributed by atoms with Gasteiger partial charge in [0.2, 0.25) is 5.91 Å². The predicted molar refractivity (Wildman–Crippen MR) is 122 cm³/mol. The third-order valence-corrected chi connectivity index (χ3v) is 7.52. The Labute approximate surface area is 182 Å². The molecule has 1 N–H and O–H groups in total. The van der Waals surface area contributed by atoms with Crippen molar-refractivity contribution in [2.75, 3.05) is 11.6 Å². The summed E-state index contributed by atoms with van der Waals surface area (Å²) in [6, 6.07) is 13.0. The Morgan fingerprint density at radius 1 is 1.10 bits per heavy atom. The second-order valence-electron chi connectivity index (χ2n) is 6.84. The summed E-state index contributed by atoms with van der Waals surface area (Å²) in [5.41, 5.74) is 3.66. The van der Waals surface area contributed by atoms with E-state index in [1.165, 1.54) is 34.3 Å². The van der Waals surface area contributed by atoms with Crippen LogP contribution in [0.25, 0.3) is 20.8 Å². The van der Waals surface area contributed by atoms with Crippen LogP contribution in [0.1, 0.15) is 18.2 Å². The van der Waals surface area contributed by atoms with Crippen LogP contribution < -0.4 is 5.32 Å². The Balaban J connectivity index is 1.45. The molecule has 0 atom stereocenters. The average Bonchev–Trinajstić information content (AvgIpc) is 3.33. The van der Waals surface area contributed by atoms with Crippen molar-refractivity contribution in [3.63, 3.8) is 0 Å². The average molecular weight is 458 g/mol. The minimum absolute atomic E-state index is 0.147. The molecule has 0 spiro atoms. The van der Waals surface area contributed by atoms with E-state index in [9.17, 15) is 13.2 Å². The van der Waals surface area contributed by atoms with Crippen molar-refractivity contribution < 1.29 is 13.2 Å². The van der Waals surface area contributed by atoms with Gasteiger partial charge in [0.1, 0.15) is 5.01 Å². The van der Waals surface area contributed by atoms with Crippen molar-refractivity contribution in [2.45, 2.75) is 24.7 Å². The van der Waals surface area contributed by atoms with Crippen LogP contribution in [-0.4, -0.2) is 30.5 Å². The molecule has 0 unspecified atom stereocenters. The minimum Gasteiger partial charge on any atom is -0.302 e. The van der Waals surface area contributed by atoms with Crippen LogP contribution in [0, 0.1) is 0 Å². The summed E-state index contributed by atoms with van der Waals surface area (Å²) in [6.07, 6.45) is 2.30. The number of anilines is 1. The molecule has 9 heteroatoms. The summed E-state index contributed by atoms with van der Waals surface area (Å²) >= 11 is 2.76. The number of amides is 1. The lowest BCUT2D eigenvalue weighted by Crippen LogP contribution is -2.14. The third-order valence-electron chi connectivity index (χ3n) is 4.54. The normalized spacial score (nSPS) is 11.7. The fourth-order valence-corrected chi connectivity index (χ4v) is 5.39. The van der Waals surface area contributed by atoms with Crippen molar-refractivity contribution in [2.24, 2.45) is 0 Å². The van der Waals surface area contributed by atoms with Crippen molar-refractivity contribution in [1.29, 1.82) is 0 Å². The van der Waals surface area contributed by atoms with Crippen molar-refractivity contribution in [1.82, 2.24) is 9.97 Å². The summed E-state index contributed by atoms with van der Waals surface area (Å²) < 4.78 is 24.1. The largest absolute Gasteiger partial charge is 0.302 e. The van der Waals surface area contributed by atoms with Crippen LogP contribution in [0.2, 0.25) is 0 Å². The lowest BCUT2D eigenvalue weighted by Gasteiger charge is -2.00. The van der Waals surface area contributed by atoms with Gasteiger partial charge in [0.25, 0.3) is 0 Å². The Kier molecular flexibility index (Phi) is 5.68. The second-order valence-corrected chi connectivity index (χ2v) is 10.7. The standard InChI is InChI=1S/C21H19N3O3S3/c1-3-13-4-6-14(7-5-13)20-22-15(12-28-20)10-19(25)24-21-23-17-9-8-16(30(2,26)27)11-18(17)29-21/h4-9,11-12H,3,10H2,1-2H3,(H,23,24,25). The van der Waals surface area contributed by atoms with Crippen LogP contribution in [0.3, 0.4) is 0 Å². The van der Waals surface area contributed by atoms with Gasteiger partial charge in [-0.1, -0.05) is 42.5 Å². The molecule has 0 aliphatic rings. The van der Waals surface area contributed by atoms with E-state index >= 15 is 0 Å². The number of carbonyl (C=O) groups excluding carboxylic acids is 1. The van der Waals surface area contributed by atoms with Gasteiger partial charge in [-0.3, -0.25) is 4.79 Å². The number of nitrogens with one attached hydrogen (secondary N) is 1. The smallest absolute Gasteiger partial charge is 0.232 e. The number of rotatable bonds is 6. The number of nitrogens with zero attached hydrogens (tertiary/aromatic N) is 2. The molecule has 0 fully saturated rings. The van der Waals surface area contributed by atoms with Gasteiger partial charge in [-0.2, -0.15) is 0 Å². The van der Waals surface area contributed by atoms with E-state index in [1.54, 1.807) is 12.1 Å². The molecule has 2 aromatic heterocycles. The molecular weight excluding hydrogens is 438 g/mol. The molecule has 154 valence electrons. The van der Waals surface area contributed by atoms with E-state index in [4.69, 9.17) is 0 Å². The molecule has 0 radical (unpaired) electrons. The molecule has 0 saturated heterocycles. The number of sulfone groups is 1. The lowest BCUT2D eigenvalue weighted by atomic mass is 10.1. The first-order valence-corrected chi connectivity index (χ1v) is 12.8. The molecule has 6 nitrogen and oxygen atoms in total. The number of fused-ring (bicyclic) bond motifs is 1. The van der Waals surface area contributed by atoms with Gasteiger partial charge in [0.15, 0.2) is 15.0 Å². The Morgan fingerprint density at radius 3 is 2.57 bits per heavy atom. The highest BCUT2D eigenvalue weighted by Gasteiger charge is 2.14. The number of aromatic nitrogens is 2. The molecule has 1 amide bonds. The maximum atomic E-state index is 12.4. The molecule has 4 rings (SSSR count). The number of hydrogen-bond donors (Lipinski definition) is 1. The zero-order valence-corrected chi connectivity index (χ0v) is 18.8. The highest BCUT2D eigenvalue weighted by atomic mass is 32.2. The van der Waals surface area contributed by atoms with Crippen LogP contribution in [-0.2, 0) is 27.5 Å². The van der Waals surface area contributed by atoms with Crippen LogP contribution in [0.5, 0.6) is 0 Å². The van der Waals surface area contributed by atoms with Crippen LogP contribution in [0.4, 0.5) is 5.13 Å². The highest BCUT2D eigenvalue weighted by Crippen LogP contribution is 2.29. The van der Waals surface area contributed by atoms with E-state index in [1.807, 2.05) is 17.5 Å². The van der Waals surface area contributed by atoms with Crippen molar-refractivity contribution in [3.05, 3.63) is 59.1 Å². The number of thiazole rings is 2. The van der Waals surface area contributed by atoms with Gasteiger partial charge in [-0.15, -0.1) is 11.3 Å². The Hall–Kier alpha value is -2.62. The first-order chi connectivity index (χ1) is 14.3. The zero-order chi connectivity index (χ0) is 21.3. The van der Waals surface area contributed by atoms with E-state index in [2.05, 4.69) is 34.3 Å². The molecule has 0 bridgehead atoms. The fraction of sp³-hybridized carbons (Fsp3) is 0.190. The first-order valence-electron chi connectivity index (χ1n) is 9.26. The number of hydrogen-bond acceptors (Lipinski definition) is 7. The highest BCUT2D eigenvalue weighted by molar-refractivity contribution is 7.90. The molecular formula is C21H19N3O3S3. The van der Waals surface area contributed by atoms with Gasteiger partial charge >= 0.3 is 0 Å². The van der Waals surface area contributed by atoms with Gasteiger partial charge < -0.3 is 5.32 Å². The Bertz CT molecular complexity index is 1320. The summed E-state index contributed by atoms with van der Waals surface area (Å²) in [4.78, 5) is 21.6. The van der Waals surface area contributed by atoms with Gasteiger partial charge in [-0.25, -0.2) is 18.4 Å². The van der Waals surface area contributed by atoms with Crippen LogP contribution in [0.15, 0.2) is 52.7 Å². The lowest BCUT2D eigenvalue weighted by molar-refractivity contribution is -0.115. The summed E-state index contributed by atoms with van der Waals surface area (Å²) in [6.45, 7) is 2.12. The van der Waals surface area contributed by atoms with Crippen molar-refractivity contribution in [3.8, 4) is 10.6 Å². The van der Waals surface area contributed by atoms with E-state index in [-0.39, 0.29) is 17.2 Å². The number of benzene rings is 2. The summed E-state index contributed by atoms with van der Waals surface area (Å²) in [7, 11) is -3.29. The molecule has 0 aliphatic carbocycles. The monoisotopic (exact) mass is 457 g/mol. The zero-order valence-electron chi connectivity index (χ0n) is 16.4. The quantitative estimate of drug-likeness (QED) is 0.458. The SMILES string of the molecule is CCc1ccc(-c2nc(CC(=O)Nc3nc4ccc(S(C)(=O)=O)cc4s3)cs2)cc1. The maximum Gasteiger partial charge on any atom is 0.232 e.